The summed E-state index contributed by atoms with van der Waals surface area (Å²) in [5.74, 6) is 5.81. The minimum atomic E-state index is -1.72. The molecular formula is C41H40GeIrN2S-2. The van der Waals surface area contributed by atoms with E-state index in [-0.39, 0.29) is 20.1 Å². The zero-order chi connectivity index (χ0) is 33.6. The summed E-state index contributed by atoms with van der Waals surface area (Å²) in [6.45, 7) is 7.65. The monoisotopic (exact) mass is 861 g/mol. The van der Waals surface area contributed by atoms with Crippen LogP contribution in [0.3, 0.4) is 0 Å². The summed E-state index contributed by atoms with van der Waals surface area (Å²) in [7, 11) is 0. The van der Waals surface area contributed by atoms with Crippen LogP contribution in [0.25, 0.3) is 53.5 Å². The van der Waals surface area contributed by atoms with Gasteiger partial charge >= 0.3 is 99.8 Å². The van der Waals surface area contributed by atoms with Crippen LogP contribution in [0.4, 0.5) is 0 Å². The zero-order valence-corrected chi connectivity index (χ0v) is 32.8. The third kappa shape index (κ3) is 7.21. The molecule has 0 fully saturated rings. The second-order valence-corrected chi connectivity index (χ2v) is 24.7. The van der Waals surface area contributed by atoms with Crippen molar-refractivity contribution in [3.05, 3.63) is 127 Å². The standard InChI is InChI=1S/C27H24NS.C14H16GeN.Ir/c1-16(2)18-9-10-22-25(15-18)29-27-23(24-14-19(17(3)4)11-12-28-24)13-20-7-5-6-8-21(20)26(22)27;1-15(2,3)13-9-10-14(16-11-13)12-7-5-4-6-8-12;/h5-12,14-17H,1-4H3;4-7,9-11H,1-3H3;/q2*-1;/i16D,17D;;. The maximum absolute atomic E-state index is 8.44. The number of rotatable bonds is 5. The summed E-state index contributed by atoms with van der Waals surface area (Å²) >= 11 is 0.0242. The van der Waals surface area contributed by atoms with Crippen molar-refractivity contribution in [2.24, 2.45) is 0 Å². The van der Waals surface area contributed by atoms with Gasteiger partial charge in [-0.3, -0.25) is 4.98 Å². The first-order valence-corrected chi connectivity index (χ1v) is 23.6. The number of benzene rings is 4. The van der Waals surface area contributed by atoms with Gasteiger partial charge in [-0.25, -0.2) is 0 Å². The Hall–Kier alpha value is -3.15. The fraction of sp³-hybridized carbons (Fsp3) is 0.220. The van der Waals surface area contributed by atoms with Crippen LogP contribution < -0.4 is 4.40 Å². The first-order valence-electron chi connectivity index (χ1n) is 16.4. The van der Waals surface area contributed by atoms with Gasteiger partial charge in [0.15, 0.2) is 0 Å². The van der Waals surface area contributed by atoms with Crippen LogP contribution in [0.15, 0.2) is 103 Å². The van der Waals surface area contributed by atoms with Crippen molar-refractivity contribution in [1.29, 1.82) is 0 Å². The minimum Gasteiger partial charge on any atom is 0 e. The second kappa shape index (κ2) is 14.3. The average molecular weight is 860 g/mol. The molecule has 0 aliphatic carbocycles. The normalized spacial score (nSPS) is 12.7. The average Bonchev–Trinajstić information content (AvgIpc) is 3.43. The van der Waals surface area contributed by atoms with E-state index in [1.807, 2.05) is 76.4 Å². The largest absolute Gasteiger partial charge is 0 e. The van der Waals surface area contributed by atoms with Gasteiger partial charge in [0.1, 0.15) is 0 Å². The molecule has 5 heteroatoms. The Morgan fingerprint density at radius 3 is 2.17 bits per heavy atom. The van der Waals surface area contributed by atoms with Gasteiger partial charge in [0.05, 0.1) is 0 Å². The van der Waals surface area contributed by atoms with Crippen molar-refractivity contribution in [2.75, 3.05) is 0 Å². The Morgan fingerprint density at radius 1 is 0.761 bits per heavy atom. The van der Waals surface area contributed by atoms with E-state index in [9.17, 15) is 0 Å². The van der Waals surface area contributed by atoms with Crippen LogP contribution in [0.1, 0.15) is 53.4 Å². The van der Waals surface area contributed by atoms with Crippen molar-refractivity contribution >= 4 is 59.9 Å². The zero-order valence-electron chi connectivity index (χ0n) is 29.5. The van der Waals surface area contributed by atoms with Crippen LogP contribution in [0, 0.1) is 12.1 Å². The summed E-state index contributed by atoms with van der Waals surface area (Å²) in [5, 5.41) is 4.67. The predicted octanol–water partition coefficient (Wildman–Crippen LogP) is 11.4. The Bertz CT molecular complexity index is 2190. The van der Waals surface area contributed by atoms with Gasteiger partial charge in [-0.15, -0.1) is 17.5 Å². The number of nitrogens with zero attached hydrogens (tertiary/aromatic N) is 2. The van der Waals surface area contributed by atoms with E-state index in [1.165, 1.54) is 25.3 Å². The van der Waals surface area contributed by atoms with Crippen LogP contribution >= 0.6 is 11.3 Å². The van der Waals surface area contributed by atoms with Gasteiger partial charge in [0.25, 0.3) is 0 Å². The van der Waals surface area contributed by atoms with Crippen LogP contribution in [-0.2, 0) is 20.1 Å². The summed E-state index contributed by atoms with van der Waals surface area (Å²) in [6.07, 6.45) is 3.83. The number of fused-ring (bicyclic) bond motifs is 5. The Balaban J connectivity index is 0.000000224. The van der Waals surface area contributed by atoms with Gasteiger partial charge < -0.3 is 0 Å². The van der Waals surface area contributed by atoms with Crippen molar-refractivity contribution in [1.82, 2.24) is 9.97 Å². The molecule has 1 radical (unpaired) electrons. The van der Waals surface area contributed by atoms with Gasteiger partial charge in [0.2, 0.25) is 0 Å². The number of hydrogen-bond acceptors (Lipinski definition) is 3. The Kier molecular flexibility index (Phi) is 9.79. The van der Waals surface area contributed by atoms with Gasteiger partial charge in [0, 0.05) is 39.4 Å². The minimum absolute atomic E-state index is 0. The number of hydrogen-bond donors (Lipinski definition) is 0. The third-order valence-corrected chi connectivity index (χ3v) is 13.6. The smallest absolute Gasteiger partial charge is 0 e. The second-order valence-electron chi connectivity index (χ2n) is 13.0. The molecule has 0 unspecified atom stereocenters. The first-order chi connectivity index (χ1) is 22.2. The SMILES string of the molecule is [2H]C(C)(C)c1ccnc(-c2[c-]c3ccccc3c3c2sc2cc(C([2H])(C)C)ccc23)c1.[CH3][Ge]([CH3])([CH3])[c]1ccc(-c2[c-]cccc2)nc1.[Ir]. The predicted molar refractivity (Wildman–Crippen MR) is 199 cm³/mol. The maximum Gasteiger partial charge on any atom is 0 e. The van der Waals surface area contributed by atoms with E-state index in [0.29, 0.717) is 0 Å². The van der Waals surface area contributed by atoms with E-state index >= 15 is 0 Å². The number of pyridine rings is 2. The van der Waals surface area contributed by atoms with Crippen molar-refractivity contribution in [2.45, 2.75) is 56.8 Å². The van der Waals surface area contributed by atoms with Crippen LogP contribution in [0.2, 0.25) is 17.3 Å². The molecule has 235 valence electrons. The molecule has 3 heterocycles. The molecule has 0 spiro atoms. The Labute approximate surface area is 296 Å². The molecule has 0 aliphatic rings. The van der Waals surface area contributed by atoms with E-state index in [0.717, 1.165) is 43.7 Å². The van der Waals surface area contributed by atoms with Gasteiger partial charge in [-0.05, 0) is 45.1 Å². The molecule has 0 amide bonds. The van der Waals surface area contributed by atoms with Gasteiger partial charge in [-0.2, -0.15) is 11.3 Å². The van der Waals surface area contributed by atoms with E-state index in [4.69, 9.17) is 2.74 Å². The van der Waals surface area contributed by atoms with Crippen LogP contribution in [-0.4, -0.2) is 23.2 Å². The molecule has 0 aliphatic heterocycles. The Morgan fingerprint density at radius 2 is 1.50 bits per heavy atom. The summed E-state index contributed by atoms with van der Waals surface area (Å²) < 4.78 is 20.7. The van der Waals surface area contributed by atoms with E-state index < -0.39 is 25.1 Å². The fourth-order valence-electron chi connectivity index (χ4n) is 5.46. The van der Waals surface area contributed by atoms with Crippen molar-refractivity contribution in [3.63, 3.8) is 0 Å². The summed E-state index contributed by atoms with van der Waals surface area (Å²) in [4.78, 5) is 9.20. The molecule has 2 nitrogen and oxygen atoms in total. The molecule has 3 aromatic heterocycles. The quantitative estimate of drug-likeness (QED) is 0.127. The third-order valence-electron chi connectivity index (χ3n) is 8.16. The summed E-state index contributed by atoms with van der Waals surface area (Å²) in [5.41, 5.74) is 5.85. The molecule has 0 saturated carbocycles. The molecule has 0 saturated heterocycles. The van der Waals surface area contributed by atoms with E-state index in [1.54, 1.807) is 17.5 Å². The van der Waals surface area contributed by atoms with Gasteiger partial charge in [-0.1, -0.05) is 80.4 Å². The van der Waals surface area contributed by atoms with Crippen LogP contribution in [0.5, 0.6) is 0 Å². The van der Waals surface area contributed by atoms with Crippen molar-refractivity contribution < 1.29 is 22.8 Å². The molecule has 7 aromatic rings. The molecule has 7 rings (SSSR count). The van der Waals surface area contributed by atoms with Crippen molar-refractivity contribution in [3.8, 4) is 22.5 Å². The molecule has 4 aromatic carbocycles. The molecule has 0 atom stereocenters. The molecule has 0 N–H and O–H groups in total. The fourth-order valence-corrected chi connectivity index (χ4v) is 8.90. The molecular weight excluding hydrogens is 817 g/mol. The molecule has 46 heavy (non-hydrogen) atoms. The van der Waals surface area contributed by atoms with E-state index in [2.05, 4.69) is 87.9 Å². The maximum atomic E-state index is 8.44. The molecule has 0 bridgehead atoms. The number of aromatic nitrogens is 2. The summed E-state index contributed by atoms with van der Waals surface area (Å²) in [6, 6.07) is 37.8. The first kappa shape index (κ1) is 31.5. The number of thiophene rings is 1. The topological polar surface area (TPSA) is 25.8 Å².